The molecule has 6 nitrogen and oxygen atoms in total. The predicted molar refractivity (Wildman–Crippen MR) is 109 cm³/mol. The molecule has 2 rings (SSSR count). The van der Waals surface area contributed by atoms with Crippen molar-refractivity contribution in [1.82, 2.24) is 0 Å². The van der Waals surface area contributed by atoms with Crippen LogP contribution in [-0.2, 0) is 14.3 Å². The third-order valence-electron chi connectivity index (χ3n) is 3.73. The smallest absolute Gasteiger partial charge is 0.317 e. The molecule has 0 unspecified atom stereocenters. The zero-order valence-corrected chi connectivity index (χ0v) is 16.9. The van der Waals surface area contributed by atoms with Gasteiger partial charge >= 0.3 is 5.97 Å². The van der Waals surface area contributed by atoms with Crippen LogP contribution in [0, 0.1) is 0 Å². The molecule has 28 heavy (non-hydrogen) atoms. The first-order chi connectivity index (χ1) is 13.4. The van der Waals surface area contributed by atoms with Crippen LogP contribution in [0.1, 0.15) is 31.1 Å². The fraction of sp³-hybridized carbons (Fsp3) is 0.286. The highest BCUT2D eigenvalue weighted by atomic mass is 32.2. The first-order valence-electron chi connectivity index (χ1n) is 8.86. The number of ether oxygens (including phenoxy) is 2. The summed E-state index contributed by atoms with van der Waals surface area (Å²) in [6, 6.07) is 14.1. The molecular formula is C21H23NO5S. The number of Topliss-reactive ketones (excluding diaryl/α,β-unsaturated/α-hetero) is 1. The summed E-state index contributed by atoms with van der Waals surface area (Å²) in [5, 5.41) is 2.63. The minimum Gasteiger partial charge on any atom is -0.494 e. The molecule has 0 radical (unpaired) electrons. The third-order valence-corrected chi connectivity index (χ3v) is 4.72. The lowest BCUT2D eigenvalue weighted by Crippen LogP contribution is -2.31. The Morgan fingerprint density at radius 2 is 1.75 bits per heavy atom. The molecule has 1 atom stereocenters. The maximum absolute atomic E-state index is 12.3. The highest BCUT2D eigenvalue weighted by Gasteiger charge is 2.19. The minimum absolute atomic E-state index is 0.0790. The molecule has 0 saturated carbocycles. The van der Waals surface area contributed by atoms with Crippen LogP contribution in [0.2, 0.25) is 0 Å². The number of carbonyl (C=O) groups excluding carboxylic acids is 3. The number of ketones is 1. The van der Waals surface area contributed by atoms with Gasteiger partial charge in [-0.25, -0.2) is 0 Å². The monoisotopic (exact) mass is 401 g/mol. The number of para-hydroxylation sites is 1. The van der Waals surface area contributed by atoms with E-state index >= 15 is 0 Å². The molecule has 0 aromatic heterocycles. The van der Waals surface area contributed by atoms with Gasteiger partial charge in [-0.05, 0) is 57.2 Å². The number of rotatable bonds is 9. The number of esters is 1. The molecule has 7 heteroatoms. The zero-order valence-electron chi connectivity index (χ0n) is 16.1. The molecule has 0 bridgehead atoms. The standard InChI is InChI=1S/C21H23NO5S/c1-4-26-16-9-11-17(12-10-16)28-13-20(24)27-15(3)21(25)22-19-8-6-5-7-18(19)14(2)23/h5-12,15H,4,13H2,1-3H3,(H,22,25)/t15-/m1/s1. The number of amides is 1. The van der Waals surface area contributed by atoms with Gasteiger partial charge in [-0.2, -0.15) is 0 Å². The number of anilines is 1. The Morgan fingerprint density at radius 1 is 1.07 bits per heavy atom. The number of hydrogen-bond acceptors (Lipinski definition) is 6. The van der Waals surface area contributed by atoms with E-state index in [4.69, 9.17) is 9.47 Å². The second-order valence-corrected chi connectivity index (χ2v) is 6.96. The number of thioether (sulfide) groups is 1. The summed E-state index contributed by atoms with van der Waals surface area (Å²) in [7, 11) is 0. The van der Waals surface area contributed by atoms with Crippen LogP contribution < -0.4 is 10.1 Å². The Kier molecular flexibility index (Phi) is 8.07. The Bertz CT molecular complexity index is 835. The van der Waals surface area contributed by atoms with Gasteiger partial charge < -0.3 is 14.8 Å². The van der Waals surface area contributed by atoms with Crippen LogP contribution in [0.25, 0.3) is 0 Å². The molecule has 0 aliphatic rings. The molecule has 1 N–H and O–H groups in total. The Hall–Kier alpha value is -2.80. The molecule has 0 saturated heterocycles. The normalized spacial score (nSPS) is 11.4. The SMILES string of the molecule is CCOc1ccc(SCC(=O)O[C@H](C)C(=O)Nc2ccccc2C(C)=O)cc1. The molecule has 0 aliphatic carbocycles. The van der Waals surface area contributed by atoms with Gasteiger partial charge in [0.05, 0.1) is 18.0 Å². The number of nitrogens with one attached hydrogen (secondary N) is 1. The Morgan fingerprint density at radius 3 is 2.39 bits per heavy atom. The average molecular weight is 401 g/mol. The third kappa shape index (κ3) is 6.42. The van der Waals surface area contributed by atoms with Gasteiger partial charge in [0.15, 0.2) is 11.9 Å². The van der Waals surface area contributed by atoms with Crippen LogP contribution in [-0.4, -0.2) is 36.1 Å². The lowest BCUT2D eigenvalue weighted by Gasteiger charge is -2.15. The van der Waals surface area contributed by atoms with Gasteiger partial charge in [-0.15, -0.1) is 11.8 Å². The van der Waals surface area contributed by atoms with E-state index in [2.05, 4.69) is 5.32 Å². The van der Waals surface area contributed by atoms with Crippen molar-refractivity contribution in [2.45, 2.75) is 31.8 Å². The number of hydrogen-bond donors (Lipinski definition) is 1. The van der Waals surface area contributed by atoms with Gasteiger partial charge in [0, 0.05) is 10.5 Å². The minimum atomic E-state index is -0.978. The van der Waals surface area contributed by atoms with Crippen LogP contribution in [0.4, 0.5) is 5.69 Å². The molecule has 1 amide bonds. The van der Waals surface area contributed by atoms with Crippen LogP contribution in [0.3, 0.4) is 0 Å². The van der Waals surface area contributed by atoms with Crippen molar-refractivity contribution in [3.8, 4) is 5.75 Å². The van der Waals surface area contributed by atoms with Crippen molar-refractivity contribution in [3.63, 3.8) is 0 Å². The topological polar surface area (TPSA) is 81.7 Å². The number of benzene rings is 2. The van der Waals surface area contributed by atoms with E-state index in [-0.39, 0.29) is 11.5 Å². The highest BCUT2D eigenvalue weighted by molar-refractivity contribution is 8.00. The quantitative estimate of drug-likeness (QED) is 0.389. The first kappa shape index (κ1) is 21.5. The van der Waals surface area contributed by atoms with Crippen molar-refractivity contribution < 1.29 is 23.9 Å². The van der Waals surface area contributed by atoms with Gasteiger partial charge in [0.25, 0.3) is 5.91 Å². The summed E-state index contributed by atoms with van der Waals surface area (Å²) in [5.74, 6) is -0.303. The summed E-state index contributed by atoms with van der Waals surface area (Å²) < 4.78 is 10.6. The fourth-order valence-electron chi connectivity index (χ4n) is 2.36. The maximum Gasteiger partial charge on any atom is 0.317 e. The predicted octanol–water partition coefficient (Wildman–Crippen LogP) is 3.95. The van der Waals surface area contributed by atoms with Crippen LogP contribution >= 0.6 is 11.8 Å². The number of carbonyl (C=O) groups is 3. The second kappa shape index (κ2) is 10.5. The van der Waals surface area contributed by atoms with Crippen LogP contribution in [0.5, 0.6) is 5.75 Å². The first-order valence-corrected chi connectivity index (χ1v) is 9.85. The van der Waals surface area contributed by atoms with Gasteiger partial charge in [0.2, 0.25) is 0 Å². The van der Waals surface area contributed by atoms with Gasteiger partial charge in [0.1, 0.15) is 5.75 Å². The maximum atomic E-state index is 12.3. The van der Waals surface area contributed by atoms with E-state index in [1.807, 2.05) is 31.2 Å². The van der Waals surface area contributed by atoms with Crippen molar-refractivity contribution in [1.29, 1.82) is 0 Å². The summed E-state index contributed by atoms with van der Waals surface area (Å²) in [6.45, 7) is 5.42. The molecule has 148 valence electrons. The summed E-state index contributed by atoms with van der Waals surface area (Å²) in [6.07, 6.45) is -0.978. The van der Waals surface area contributed by atoms with E-state index in [9.17, 15) is 14.4 Å². The lowest BCUT2D eigenvalue weighted by molar-refractivity contribution is -0.150. The van der Waals surface area contributed by atoms with Gasteiger partial charge in [-0.1, -0.05) is 12.1 Å². The largest absolute Gasteiger partial charge is 0.494 e. The lowest BCUT2D eigenvalue weighted by atomic mass is 10.1. The summed E-state index contributed by atoms with van der Waals surface area (Å²) >= 11 is 1.31. The van der Waals surface area contributed by atoms with E-state index in [1.54, 1.807) is 24.3 Å². The molecule has 0 aliphatic heterocycles. The van der Waals surface area contributed by atoms with E-state index in [0.29, 0.717) is 17.9 Å². The molecule has 0 heterocycles. The fourth-order valence-corrected chi connectivity index (χ4v) is 3.04. The van der Waals surface area contributed by atoms with Crippen LogP contribution in [0.15, 0.2) is 53.4 Å². The highest BCUT2D eigenvalue weighted by Crippen LogP contribution is 2.22. The van der Waals surface area contributed by atoms with E-state index in [1.165, 1.54) is 25.6 Å². The summed E-state index contributed by atoms with van der Waals surface area (Å²) in [5.41, 5.74) is 0.798. The molecule has 0 fully saturated rings. The van der Waals surface area contributed by atoms with Gasteiger partial charge in [-0.3, -0.25) is 14.4 Å². The Labute approximate surface area is 168 Å². The van der Waals surface area contributed by atoms with Crippen molar-refractivity contribution in [3.05, 3.63) is 54.1 Å². The van der Waals surface area contributed by atoms with Crippen molar-refractivity contribution in [2.75, 3.05) is 17.7 Å². The van der Waals surface area contributed by atoms with Crippen molar-refractivity contribution in [2.24, 2.45) is 0 Å². The molecule has 2 aromatic carbocycles. The molecule has 0 spiro atoms. The zero-order chi connectivity index (χ0) is 20.5. The van der Waals surface area contributed by atoms with Crippen molar-refractivity contribution >= 4 is 35.1 Å². The summed E-state index contributed by atoms with van der Waals surface area (Å²) in [4.78, 5) is 36.8. The molecule has 2 aromatic rings. The second-order valence-electron chi connectivity index (χ2n) is 5.92. The van der Waals surface area contributed by atoms with E-state index < -0.39 is 18.0 Å². The Balaban J connectivity index is 1.84. The molecular weight excluding hydrogens is 378 g/mol. The van der Waals surface area contributed by atoms with E-state index in [0.717, 1.165) is 10.6 Å². The average Bonchev–Trinajstić information content (AvgIpc) is 2.68.